The van der Waals surface area contributed by atoms with Crippen molar-refractivity contribution in [2.45, 2.75) is 18.7 Å². The van der Waals surface area contributed by atoms with Crippen molar-refractivity contribution < 1.29 is 18.1 Å². The van der Waals surface area contributed by atoms with Gasteiger partial charge in [-0.3, -0.25) is 19.6 Å². The SMILES string of the molecule is Cc1nn(C)c(C)c1C(=O)N1CCN(S(=O)(=O)c2ccc([N+](=O)[O-])cc2)CC1. The van der Waals surface area contributed by atoms with Crippen molar-refractivity contribution in [3.8, 4) is 0 Å². The van der Waals surface area contributed by atoms with E-state index >= 15 is 0 Å². The number of nitro benzene ring substituents is 1. The molecule has 2 heterocycles. The van der Waals surface area contributed by atoms with Crippen LogP contribution in [0.3, 0.4) is 0 Å². The molecular formula is C17H21N5O5S. The summed E-state index contributed by atoms with van der Waals surface area (Å²) in [5, 5.41) is 15.0. The molecule has 0 aliphatic carbocycles. The fourth-order valence-electron chi connectivity index (χ4n) is 3.26. The van der Waals surface area contributed by atoms with Crippen molar-refractivity contribution in [3.05, 3.63) is 51.3 Å². The minimum atomic E-state index is -3.77. The van der Waals surface area contributed by atoms with Gasteiger partial charge in [0.15, 0.2) is 0 Å². The Labute approximate surface area is 162 Å². The van der Waals surface area contributed by atoms with Crippen molar-refractivity contribution >= 4 is 21.6 Å². The molecule has 0 bridgehead atoms. The van der Waals surface area contributed by atoms with E-state index in [9.17, 15) is 23.3 Å². The predicted molar refractivity (Wildman–Crippen MR) is 100 cm³/mol. The maximum absolute atomic E-state index is 12.8. The normalized spacial score (nSPS) is 15.6. The van der Waals surface area contributed by atoms with Crippen LogP contribution < -0.4 is 0 Å². The van der Waals surface area contributed by atoms with Crippen LogP contribution in [-0.4, -0.2) is 64.4 Å². The number of sulfonamides is 1. The Morgan fingerprint density at radius 3 is 2.14 bits per heavy atom. The van der Waals surface area contributed by atoms with Crippen LogP contribution in [0.15, 0.2) is 29.2 Å². The molecule has 150 valence electrons. The molecule has 0 N–H and O–H groups in total. The highest BCUT2D eigenvalue weighted by molar-refractivity contribution is 7.89. The summed E-state index contributed by atoms with van der Waals surface area (Å²) in [6.07, 6.45) is 0. The number of amides is 1. The van der Waals surface area contributed by atoms with Gasteiger partial charge in [0.1, 0.15) is 0 Å². The summed E-state index contributed by atoms with van der Waals surface area (Å²) in [5.41, 5.74) is 1.79. The number of nitro groups is 1. The standard InChI is InChI=1S/C17H21N5O5S/c1-12-16(13(2)19(3)18-12)17(23)20-8-10-21(11-9-20)28(26,27)15-6-4-14(5-7-15)22(24)25/h4-7H,8-11H2,1-3H3. The molecule has 0 spiro atoms. The predicted octanol–water partition coefficient (Wildman–Crippen LogP) is 1.09. The third-order valence-corrected chi connectivity index (χ3v) is 6.85. The first-order valence-corrected chi connectivity index (χ1v) is 10.1. The number of hydrogen-bond donors (Lipinski definition) is 0. The highest BCUT2D eigenvalue weighted by Gasteiger charge is 2.32. The average Bonchev–Trinajstić information content (AvgIpc) is 2.93. The van der Waals surface area contributed by atoms with Gasteiger partial charge in [-0.2, -0.15) is 9.40 Å². The van der Waals surface area contributed by atoms with Crippen molar-refractivity contribution in [1.82, 2.24) is 19.0 Å². The van der Waals surface area contributed by atoms with E-state index in [0.717, 1.165) is 5.69 Å². The molecule has 1 aromatic carbocycles. The van der Waals surface area contributed by atoms with E-state index in [-0.39, 0.29) is 42.7 Å². The molecule has 1 fully saturated rings. The number of piperazine rings is 1. The summed E-state index contributed by atoms with van der Waals surface area (Å²) >= 11 is 0. The fraction of sp³-hybridized carbons (Fsp3) is 0.412. The second-order valence-corrected chi connectivity index (χ2v) is 8.55. The molecule has 1 aliphatic rings. The molecule has 2 aromatic rings. The Morgan fingerprint density at radius 2 is 1.68 bits per heavy atom. The number of hydrogen-bond acceptors (Lipinski definition) is 6. The zero-order chi connectivity index (χ0) is 20.6. The highest BCUT2D eigenvalue weighted by atomic mass is 32.2. The maximum Gasteiger partial charge on any atom is 0.269 e. The Kier molecular flexibility index (Phi) is 5.22. The lowest BCUT2D eigenvalue weighted by molar-refractivity contribution is -0.384. The van der Waals surface area contributed by atoms with E-state index in [0.29, 0.717) is 11.3 Å². The molecule has 0 unspecified atom stereocenters. The van der Waals surface area contributed by atoms with E-state index in [2.05, 4.69) is 5.10 Å². The van der Waals surface area contributed by atoms with Gasteiger partial charge < -0.3 is 4.90 Å². The Bertz CT molecular complexity index is 1020. The minimum Gasteiger partial charge on any atom is -0.336 e. The van der Waals surface area contributed by atoms with E-state index in [1.807, 2.05) is 6.92 Å². The first kappa shape index (κ1) is 20.0. The smallest absolute Gasteiger partial charge is 0.269 e. The molecule has 1 saturated heterocycles. The van der Waals surface area contributed by atoms with Crippen LogP contribution in [0, 0.1) is 24.0 Å². The van der Waals surface area contributed by atoms with Crippen LogP contribution in [0.25, 0.3) is 0 Å². The molecule has 0 radical (unpaired) electrons. The largest absolute Gasteiger partial charge is 0.336 e. The van der Waals surface area contributed by atoms with Gasteiger partial charge in [0, 0.05) is 51.1 Å². The Morgan fingerprint density at radius 1 is 1.11 bits per heavy atom. The van der Waals surface area contributed by atoms with Gasteiger partial charge in [-0.25, -0.2) is 8.42 Å². The van der Waals surface area contributed by atoms with Crippen molar-refractivity contribution in [1.29, 1.82) is 0 Å². The zero-order valence-electron chi connectivity index (χ0n) is 15.8. The second-order valence-electron chi connectivity index (χ2n) is 6.62. The number of aryl methyl sites for hydroxylation is 2. The van der Waals surface area contributed by atoms with Crippen LogP contribution >= 0.6 is 0 Å². The minimum absolute atomic E-state index is 0.00294. The number of non-ortho nitro benzene ring substituents is 1. The highest BCUT2D eigenvalue weighted by Crippen LogP contribution is 2.22. The maximum atomic E-state index is 12.8. The van der Waals surface area contributed by atoms with E-state index in [1.165, 1.54) is 28.6 Å². The molecule has 0 atom stereocenters. The fourth-order valence-corrected chi connectivity index (χ4v) is 4.68. The first-order valence-electron chi connectivity index (χ1n) is 8.67. The summed E-state index contributed by atoms with van der Waals surface area (Å²) in [6, 6.07) is 4.79. The summed E-state index contributed by atoms with van der Waals surface area (Å²) in [6.45, 7) is 4.43. The van der Waals surface area contributed by atoms with Crippen LogP contribution in [0.1, 0.15) is 21.7 Å². The Balaban J connectivity index is 1.72. The number of nitrogens with zero attached hydrogens (tertiary/aromatic N) is 5. The van der Waals surface area contributed by atoms with Crippen LogP contribution in [0.2, 0.25) is 0 Å². The van der Waals surface area contributed by atoms with Crippen LogP contribution in [-0.2, 0) is 17.1 Å². The molecule has 1 amide bonds. The molecule has 3 rings (SSSR count). The summed E-state index contributed by atoms with van der Waals surface area (Å²) in [7, 11) is -2.00. The number of carbonyl (C=O) groups excluding carboxylic acids is 1. The quantitative estimate of drug-likeness (QED) is 0.553. The van der Waals surface area contributed by atoms with Crippen LogP contribution in [0.5, 0.6) is 0 Å². The van der Waals surface area contributed by atoms with Crippen molar-refractivity contribution in [2.75, 3.05) is 26.2 Å². The van der Waals surface area contributed by atoms with Crippen LogP contribution in [0.4, 0.5) is 5.69 Å². The lowest BCUT2D eigenvalue weighted by Crippen LogP contribution is -2.50. The number of carbonyl (C=O) groups is 1. The number of benzene rings is 1. The van der Waals surface area contributed by atoms with E-state index < -0.39 is 14.9 Å². The van der Waals surface area contributed by atoms with E-state index in [4.69, 9.17) is 0 Å². The van der Waals surface area contributed by atoms with Gasteiger partial charge in [0.05, 0.1) is 21.1 Å². The zero-order valence-corrected chi connectivity index (χ0v) is 16.6. The van der Waals surface area contributed by atoms with Gasteiger partial charge >= 0.3 is 0 Å². The third-order valence-electron chi connectivity index (χ3n) is 4.93. The Hall–Kier alpha value is -2.79. The van der Waals surface area contributed by atoms with E-state index in [1.54, 1.807) is 23.6 Å². The molecular weight excluding hydrogens is 386 g/mol. The number of rotatable bonds is 4. The van der Waals surface area contributed by atoms with Gasteiger partial charge in [-0.05, 0) is 26.0 Å². The van der Waals surface area contributed by atoms with Gasteiger partial charge in [0.25, 0.3) is 11.6 Å². The molecule has 1 aromatic heterocycles. The number of aromatic nitrogens is 2. The van der Waals surface area contributed by atoms with Gasteiger partial charge in [0.2, 0.25) is 10.0 Å². The van der Waals surface area contributed by atoms with Crippen molar-refractivity contribution in [3.63, 3.8) is 0 Å². The molecule has 1 aliphatic heterocycles. The van der Waals surface area contributed by atoms with Gasteiger partial charge in [-0.1, -0.05) is 0 Å². The second kappa shape index (κ2) is 7.32. The topological polar surface area (TPSA) is 119 Å². The van der Waals surface area contributed by atoms with Gasteiger partial charge in [-0.15, -0.1) is 0 Å². The average molecular weight is 407 g/mol. The molecule has 0 saturated carbocycles. The lowest BCUT2D eigenvalue weighted by atomic mass is 10.1. The lowest BCUT2D eigenvalue weighted by Gasteiger charge is -2.34. The monoisotopic (exact) mass is 407 g/mol. The molecule has 11 heteroatoms. The summed E-state index contributed by atoms with van der Waals surface area (Å²) in [4.78, 5) is 24.6. The molecule has 10 nitrogen and oxygen atoms in total. The first-order chi connectivity index (χ1) is 13.1. The van der Waals surface area contributed by atoms with Crippen molar-refractivity contribution in [2.24, 2.45) is 7.05 Å². The third kappa shape index (κ3) is 3.50. The summed E-state index contributed by atoms with van der Waals surface area (Å²) in [5.74, 6) is -0.157. The molecule has 28 heavy (non-hydrogen) atoms. The summed E-state index contributed by atoms with van der Waals surface area (Å²) < 4.78 is 28.5.